The van der Waals surface area contributed by atoms with Crippen molar-refractivity contribution in [3.8, 4) is 0 Å². The van der Waals surface area contributed by atoms with E-state index in [1.165, 1.54) is 11.8 Å². The SMILES string of the molecule is CCC1C(=O)NC(C)C(=O)N1CCSC(F)(F)F. The molecular formula is C10H15F3N2O2S. The minimum absolute atomic E-state index is 0.0702. The summed E-state index contributed by atoms with van der Waals surface area (Å²) in [6.45, 7) is 3.17. The highest BCUT2D eigenvalue weighted by Gasteiger charge is 2.38. The molecule has 1 heterocycles. The van der Waals surface area contributed by atoms with Gasteiger partial charge in [0, 0.05) is 12.3 Å². The summed E-state index contributed by atoms with van der Waals surface area (Å²) in [5, 5.41) is 2.51. The molecule has 1 rings (SSSR count). The Balaban J connectivity index is 2.63. The zero-order valence-corrected chi connectivity index (χ0v) is 10.9. The zero-order chi connectivity index (χ0) is 13.9. The molecule has 0 spiro atoms. The van der Waals surface area contributed by atoms with E-state index < -0.39 is 17.6 Å². The Kier molecular flexibility index (Phi) is 4.89. The quantitative estimate of drug-likeness (QED) is 0.848. The number of thioether (sulfide) groups is 1. The van der Waals surface area contributed by atoms with E-state index in [0.717, 1.165) is 0 Å². The van der Waals surface area contributed by atoms with Gasteiger partial charge in [0.2, 0.25) is 11.8 Å². The van der Waals surface area contributed by atoms with E-state index in [1.54, 1.807) is 6.92 Å². The Morgan fingerprint density at radius 2 is 2.00 bits per heavy atom. The van der Waals surface area contributed by atoms with Crippen LogP contribution in [0.2, 0.25) is 0 Å². The van der Waals surface area contributed by atoms with Crippen molar-refractivity contribution in [3.05, 3.63) is 0 Å². The lowest BCUT2D eigenvalue weighted by Crippen LogP contribution is -2.62. The van der Waals surface area contributed by atoms with Crippen molar-refractivity contribution < 1.29 is 22.8 Å². The van der Waals surface area contributed by atoms with Gasteiger partial charge in [0.25, 0.3) is 0 Å². The van der Waals surface area contributed by atoms with Gasteiger partial charge in [-0.3, -0.25) is 9.59 Å². The van der Waals surface area contributed by atoms with Crippen LogP contribution in [0.4, 0.5) is 13.2 Å². The molecule has 2 amide bonds. The average Bonchev–Trinajstić information content (AvgIpc) is 2.23. The largest absolute Gasteiger partial charge is 0.441 e. The predicted octanol–water partition coefficient (Wildman–Crippen LogP) is 1.36. The first-order valence-electron chi connectivity index (χ1n) is 5.57. The summed E-state index contributed by atoms with van der Waals surface area (Å²) in [4.78, 5) is 24.7. The summed E-state index contributed by atoms with van der Waals surface area (Å²) in [6, 6.07) is -1.33. The lowest BCUT2D eigenvalue weighted by Gasteiger charge is -2.37. The average molecular weight is 284 g/mol. The number of nitrogens with zero attached hydrogens (tertiary/aromatic N) is 1. The highest BCUT2D eigenvalue weighted by atomic mass is 32.2. The first-order valence-corrected chi connectivity index (χ1v) is 6.56. The molecule has 0 aromatic heterocycles. The molecule has 2 atom stereocenters. The van der Waals surface area contributed by atoms with Crippen LogP contribution in [0.1, 0.15) is 20.3 Å². The van der Waals surface area contributed by atoms with E-state index in [0.29, 0.717) is 6.42 Å². The van der Waals surface area contributed by atoms with Crippen molar-refractivity contribution >= 4 is 23.6 Å². The molecule has 1 saturated heterocycles. The highest BCUT2D eigenvalue weighted by Crippen LogP contribution is 2.30. The molecule has 0 saturated carbocycles. The number of carbonyl (C=O) groups is 2. The summed E-state index contributed by atoms with van der Waals surface area (Å²) >= 11 is -0.181. The van der Waals surface area contributed by atoms with Gasteiger partial charge in [0.05, 0.1) is 0 Å². The second kappa shape index (κ2) is 5.81. The lowest BCUT2D eigenvalue weighted by atomic mass is 10.1. The number of nitrogens with one attached hydrogen (secondary N) is 1. The van der Waals surface area contributed by atoms with Gasteiger partial charge in [-0.1, -0.05) is 6.92 Å². The van der Waals surface area contributed by atoms with E-state index in [1.807, 2.05) is 0 Å². The second-order valence-corrected chi connectivity index (χ2v) is 5.14. The fraction of sp³-hybridized carbons (Fsp3) is 0.800. The molecular weight excluding hydrogens is 269 g/mol. The third kappa shape index (κ3) is 3.79. The van der Waals surface area contributed by atoms with E-state index in [-0.39, 0.29) is 35.9 Å². The smallest absolute Gasteiger partial charge is 0.343 e. The number of piperazine rings is 1. The lowest BCUT2D eigenvalue weighted by molar-refractivity contribution is -0.148. The van der Waals surface area contributed by atoms with Gasteiger partial charge >= 0.3 is 5.51 Å². The van der Waals surface area contributed by atoms with E-state index in [9.17, 15) is 22.8 Å². The third-order valence-corrected chi connectivity index (χ3v) is 3.39. The summed E-state index contributed by atoms with van der Waals surface area (Å²) in [5.41, 5.74) is -4.31. The van der Waals surface area contributed by atoms with Crippen LogP contribution in [-0.2, 0) is 9.59 Å². The Bertz CT molecular complexity index is 336. The van der Waals surface area contributed by atoms with Crippen molar-refractivity contribution in [2.45, 2.75) is 37.9 Å². The number of rotatable bonds is 4. The number of hydrogen-bond acceptors (Lipinski definition) is 3. The van der Waals surface area contributed by atoms with E-state index in [4.69, 9.17) is 0 Å². The highest BCUT2D eigenvalue weighted by molar-refractivity contribution is 8.00. The molecule has 0 radical (unpaired) electrons. The Morgan fingerprint density at radius 3 is 2.50 bits per heavy atom. The predicted molar refractivity (Wildman–Crippen MR) is 61.9 cm³/mol. The monoisotopic (exact) mass is 284 g/mol. The molecule has 1 aliphatic heterocycles. The molecule has 0 aromatic carbocycles. The molecule has 18 heavy (non-hydrogen) atoms. The first kappa shape index (κ1) is 15.1. The molecule has 0 bridgehead atoms. The number of carbonyl (C=O) groups excluding carboxylic acids is 2. The summed E-state index contributed by atoms with van der Waals surface area (Å²) in [7, 11) is 0. The Hall–Kier alpha value is -0.920. The molecule has 0 aromatic rings. The maximum atomic E-state index is 12.0. The fourth-order valence-electron chi connectivity index (χ4n) is 1.85. The van der Waals surface area contributed by atoms with Crippen LogP contribution < -0.4 is 5.32 Å². The molecule has 8 heteroatoms. The van der Waals surface area contributed by atoms with Crippen molar-refractivity contribution in [3.63, 3.8) is 0 Å². The minimum atomic E-state index is -4.31. The van der Waals surface area contributed by atoms with E-state index >= 15 is 0 Å². The number of alkyl halides is 3. The molecule has 1 fully saturated rings. The maximum Gasteiger partial charge on any atom is 0.441 e. The van der Waals surface area contributed by atoms with Crippen molar-refractivity contribution in [2.24, 2.45) is 0 Å². The second-order valence-electron chi connectivity index (χ2n) is 3.98. The zero-order valence-electron chi connectivity index (χ0n) is 10.1. The van der Waals surface area contributed by atoms with Gasteiger partial charge in [-0.2, -0.15) is 13.2 Å². The fourth-order valence-corrected chi connectivity index (χ4v) is 2.37. The summed E-state index contributed by atoms with van der Waals surface area (Å²) in [5.74, 6) is -0.892. The number of halogens is 3. The number of hydrogen-bond donors (Lipinski definition) is 1. The number of amides is 2. The summed E-state index contributed by atoms with van der Waals surface area (Å²) < 4.78 is 36.1. The van der Waals surface area contributed by atoms with Gasteiger partial charge < -0.3 is 10.2 Å². The third-order valence-electron chi connectivity index (χ3n) is 2.68. The molecule has 1 N–H and O–H groups in total. The molecule has 0 aliphatic carbocycles. The molecule has 104 valence electrons. The van der Waals surface area contributed by atoms with Gasteiger partial charge in [-0.15, -0.1) is 0 Å². The normalized spacial score (nSPS) is 25.3. The first-order chi connectivity index (χ1) is 8.26. The summed E-state index contributed by atoms with van der Waals surface area (Å²) in [6.07, 6.45) is 0.390. The van der Waals surface area contributed by atoms with Crippen LogP contribution in [0.5, 0.6) is 0 Å². The maximum absolute atomic E-state index is 12.0. The Labute approximate surface area is 107 Å². The van der Waals surface area contributed by atoms with Crippen molar-refractivity contribution in [2.75, 3.05) is 12.3 Å². The van der Waals surface area contributed by atoms with Gasteiger partial charge in [0.1, 0.15) is 12.1 Å². The Morgan fingerprint density at radius 1 is 1.39 bits per heavy atom. The van der Waals surface area contributed by atoms with E-state index in [2.05, 4.69) is 5.32 Å². The topological polar surface area (TPSA) is 49.4 Å². The van der Waals surface area contributed by atoms with Gasteiger partial charge in [-0.05, 0) is 25.1 Å². The van der Waals surface area contributed by atoms with Crippen LogP contribution in [-0.4, -0.2) is 46.6 Å². The molecule has 2 unspecified atom stereocenters. The molecule has 4 nitrogen and oxygen atoms in total. The standard InChI is InChI=1S/C10H15F3N2O2S/c1-3-7-8(16)14-6(2)9(17)15(7)4-5-18-10(11,12)13/h6-7H,3-5H2,1-2H3,(H,14,16). The molecule has 1 aliphatic rings. The van der Waals surface area contributed by atoms with Crippen molar-refractivity contribution in [1.29, 1.82) is 0 Å². The van der Waals surface area contributed by atoms with Gasteiger partial charge in [0.15, 0.2) is 0 Å². The van der Waals surface area contributed by atoms with Crippen LogP contribution in [0.15, 0.2) is 0 Å². The van der Waals surface area contributed by atoms with Crippen LogP contribution >= 0.6 is 11.8 Å². The van der Waals surface area contributed by atoms with Crippen LogP contribution in [0.25, 0.3) is 0 Å². The minimum Gasteiger partial charge on any atom is -0.343 e. The van der Waals surface area contributed by atoms with Crippen LogP contribution in [0.3, 0.4) is 0 Å². The van der Waals surface area contributed by atoms with Crippen LogP contribution in [0, 0.1) is 0 Å². The van der Waals surface area contributed by atoms with Gasteiger partial charge in [-0.25, -0.2) is 0 Å². The van der Waals surface area contributed by atoms with Crippen molar-refractivity contribution in [1.82, 2.24) is 10.2 Å².